The summed E-state index contributed by atoms with van der Waals surface area (Å²) in [6.07, 6.45) is 0.688. The smallest absolute Gasteiger partial charge is 0.164 e. The number of ether oxygens (including phenoxy) is 4. The molecule has 4 heteroatoms. The fourth-order valence-corrected chi connectivity index (χ4v) is 2.30. The summed E-state index contributed by atoms with van der Waals surface area (Å²) in [5.41, 5.74) is 2.10. The van der Waals surface area contributed by atoms with Crippen LogP contribution in [0.3, 0.4) is 0 Å². The van der Waals surface area contributed by atoms with E-state index in [1.165, 1.54) is 0 Å². The molecule has 0 fully saturated rings. The van der Waals surface area contributed by atoms with Crippen LogP contribution < -0.4 is 18.9 Å². The Morgan fingerprint density at radius 2 is 1.48 bits per heavy atom. The van der Waals surface area contributed by atoms with E-state index in [2.05, 4.69) is 0 Å². The summed E-state index contributed by atoms with van der Waals surface area (Å²) in [6, 6.07) is 11.6. The topological polar surface area (TPSA) is 36.9 Å². The summed E-state index contributed by atoms with van der Waals surface area (Å²) in [5.74, 6) is 3.03. The fourth-order valence-electron chi connectivity index (χ4n) is 2.30. The van der Waals surface area contributed by atoms with Crippen LogP contribution in [0.2, 0.25) is 0 Å². The standard InChI is InChI=1S/C17H20O4/c1-18-14-9-8-12(16(11-14)20-3)10-13-6-5-7-15(19-2)17(13)21-4/h5-9,11H,10H2,1-4H3. The van der Waals surface area contributed by atoms with E-state index in [0.29, 0.717) is 6.42 Å². The summed E-state index contributed by atoms with van der Waals surface area (Å²) in [6.45, 7) is 0. The van der Waals surface area contributed by atoms with Gasteiger partial charge in [-0.2, -0.15) is 0 Å². The number of benzene rings is 2. The molecule has 0 spiro atoms. The molecular weight excluding hydrogens is 268 g/mol. The average molecular weight is 288 g/mol. The van der Waals surface area contributed by atoms with E-state index in [-0.39, 0.29) is 0 Å². The monoisotopic (exact) mass is 288 g/mol. The molecule has 0 saturated carbocycles. The van der Waals surface area contributed by atoms with E-state index in [4.69, 9.17) is 18.9 Å². The van der Waals surface area contributed by atoms with Gasteiger partial charge in [-0.05, 0) is 17.7 Å². The van der Waals surface area contributed by atoms with Crippen LogP contribution in [0, 0.1) is 0 Å². The molecule has 0 aliphatic heterocycles. The number of rotatable bonds is 6. The first-order valence-electron chi connectivity index (χ1n) is 6.64. The lowest BCUT2D eigenvalue weighted by Gasteiger charge is -2.14. The summed E-state index contributed by atoms with van der Waals surface area (Å²) >= 11 is 0. The molecule has 2 rings (SSSR count). The maximum absolute atomic E-state index is 5.47. The number of para-hydroxylation sites is 1. The van der Waals surface area contributed by atoms with Crippen molar-refractivity contribution in [2.75, 3.05) is 28.4 Å². The minimum Gasteiger partial charge on any atom is -0.497 e. The zero-order valence-electron chi connectivity index (χ0n) is 12.8. The van der Waals surface area contributed by atoms with Crippen molar-refractivity contribution in [2.45, 2.75) is 6.42 Å². The van der Waals surface area contributed by atoms with E-state index in [9.17, 15) is 0 Å². The molecule has 2 aromatic carbocycles. The molecule has 0 amide bonds. The summed E-state index contributed by atoms with van der Waals surface area (Å²) in [5, 5.41) is 0. The van der Waals surface area contributed by atoms with Crippen LogP contribution in [0.25, 0.3) is 0 Å². The molecule has 4 nitrogen and oxygen atoms in total. The SMILES string of the molecule is COc1ccc(Cc2cccc(OC)c2OC)c(OC)c1. The van der Waals surface area contributed by atoms with Gasteiger partial charge in [0.1, 0.15) is 11.5 Å². The third-order valence-electron chi connectivity index (χ3n) is 3.36. The van der Waals surface area contributed by atoms with Gasteiger partial charge in [0.05, 0.1) is 28.4 Å². The van der Waals surface area contributed by atoms with Crippen LogP contribution in [-0.4, -0.2) is 28.4 Å². The Bertz CT molecular complexity index is 608. The highest BCUT2D eigenvalue weighted by Crippen LogP contribution is 2.34. The van der Waals surface area contributed by atoms with Gasteiger partial charge >= 0.3 is 0 Å². The van der Waals surface area contributed by atoms with Gasteiger partial charge in [0.2, 0.25) is 0 Å². The molecule has 0 bridgehead atoms. The molecule has 0 aliphatic rings. The highest BCUT2D eigenvalue weighted by molar-refractivity contribution is 5.51. The van der Waals surface area contributed by atoms with E-state index in [1.54, 1.807) is 28.4 Å². The van der Waals surface area contributed by atoms with E-state index >= 15 is 0 Å². The largest absolute Gasteiger partial charge is 0.497 e. The Balaban J connectivity index is 2.38. The molecule has 0 N–H and O–H groups in total. The molecule has 0 atom stereocenters. The minimum absolute atomic E-state index is 0.688. The number of methoxy groups -OCH3 is 4. The summed E-state index contributed by atoms with van der Waals surface area (Å²) in [7, 11) is 6.57. The Labute approximate surface area is 125 Å². The lowest BCUT2D eigenvalue weighted by molar-refractivity contribution is 0.352. The summed E-state index contributed by atoms with van der Waals surface area (Å²) < 4.78 is 21.5. The Hall–Kier alpha value is -2.36. The second-order valence-electron chi connectivity index (χ2n) is 4.51. The average Bonchev–Trinajstić information content (AvgIpc) is 2.54. The maximum atomic E-state index is 5.47. The van der Waals surface area contributed by atoms with Gasteiger partial charge < -0.3 is 18.9 Å². The first kappa shape index (κ1) is 15.0. The minimum atomic E-state index is 0.688. The Kier molecular flexibility index (Phi) is 4.93. The van der Waals surface area contributed by atoms with Crippen LogP contribution in [0.15, 0.2) is 36.4 Å². The maximum Gasteiger partial charge on any atom is 0.164 e. The van der Waals surface area contributed by atoms with Gasteiger partial charge in [0.15, 0.2) is 11.5 Å². The van der Waals surface area contributed by atoms with Crippen molar-refractivity contribution in [3.63, 3.8) is 0 Å². The highest BCUT2D eigenvalue weighted by Gasteiger charge is 2.12. The van der Waals surface area contributed by atoms with Gasteiger partial charge in [-0.3, -0.25) is 0 Å². The molecule has 0 saturated heterocycles. The molecule has 0 unspecified atom stereocenters. The van der Waals surface area contributed by atoms with Gasteiger partial charge in [0, 0.05) is 18.1 Å². The molecule has 2 aromatic rings. The molecule has 0 heterocycles. The van der Waals surface area contributed by atoms with Crippen molar-refractivity contribution in [3.05, 3.63) is 47.5 Å². The van der Waals surface area contributed by atoms with Crippen LogP contribution in [0.4, 0.5) is 0 Å². The van der Waals surface area contributed by atoms with Crippen molar-refractivity contribution in [2.24, 2.45) is 0 Å². The van der Waals surface area contributed by atoms with E-state index in [1.807, 2.05) is 36.4 Å². The van der Waals surface area contributed by atoms with Crippen molar-refractivity contribution >= 4 is 0 Å². The third kappa shape index (κ3) is 3.21. The lowest BCUT2D eigenvalue weighted by Crippen LogP contribution is -1.99. The van der Waals surface area contributed by atoms with Gasteiger partial charge in [-0.25, -0.2) is 0 Å². The van der Waals surface area contributed by atoms with Crippen LogP contribution in [-0.2, 0) is 6.42 Å². The molecular formula is C17H20O4. The van der Waals surface area contributed by atoms with E-state index < -0.39 is 0 Å². The first-order valence-corrected chi connectivity index (χ1v) is 6.64. The number of hydrogen-bond acceptors (Lipinski definition) is 4. The first-order chi connectivity index (χ1) is 10.2. The van der Waals surface area contributed by atoms with Crippen molar-refractivity contribution < 1.29 is 18.9 Å². The molecule has 0 aromatic heterocycles. The zero-order chi connectivity index (χ0) is 15.2. The Morgan fingerprint density at radius 3 is 2.10 bits per heavy atom. The molecule has 0 radical (unpaired) electrons. The fraction of sp³-hybridized carbons (Fsp3) is 0.294. The second kappa shape index (κ2) is 6.88. The molecule has 112 valence electrons. The lowest BCUT2D eigenvalue weighted by atomic mass is 10.0. The zero-order valence-corrected chi connectivity index (χ0v) is 12.8. The predicted molar refractivity (Wildman–Crippen MR) is 81.9 cm³/mol. The number of hydrogen-bond donors (Lipinski definition) is 0. The van der Waals surface area contributed by atoms with Crippen LogP contribution in [0.5, 0.6) is 23.0 Å². The summed E-state index contributed by atoms with van der Waals surface area (Å²) in [4.78, 5) is 0. The third-order valence-corrected chi connectivity index (χ3v) is 3.36. The van der Waals surface area contributed by atoms with Crippen molar-refractivity contribution in [3.8, 4) is 23.0 Å². The second-order valence-corrected chi connectivity index (χ2v) is 4.51. The van der Waals surface area contributed by atoms with Crippen molar-refractivity contribution in [1.29, 1.82) is 0 Å². The van der Waals surface area contributed by atoms with Crippen molar-refractivity contribution in [1.82, 2.24) is 0 Å². The van der Waals surface area contributed by atoms with Crippen LogP contribution >= 0.6 is 0 Å². The quantitative estimate of drug-likeness (QED) is 0.817. The van der Waals surface area contributed by atoms with Crippen LogP contribution in [0.1, 0.15) is 11.1 Å². The molecule has 21 heavy (non-hydrogen) atoms. The highest BCUT2D eigenvalue weighted by atomic mass is 16.5. The van der Waals surface area contributed by atoms with Gasteiger partial charge in [-0.1, -0.05) is 18.2 Å². The molecule has 0 aliphatic carbocycles. The Morgan fingerprint density at radius 1 is 0.714 bits per heavy atom. The predicted octanol–water partition coefficient (Wildman–Crippen LogP) is 3.31. The van der Waals surface area contributed by atoms with Gasteiger partial charge in [-0.15, -0.1) is 0 Å². The van der Waals surface area contributed by atoms with E-state index in [0.717, 1.165) is 34.1 Å². The van der Waals surface area contributed by atoms with Gasteiger partial charge in [0.25, 0.3) is 0 Å². The normalized spacial score (nSPS) is 10.1.